The summed E-state index contributed by atoms with van der Waals surface area (Å²) in [5, 5.41) is 0. The van der Waals surface area contributed by atoms with Gasteiger partial charge >= 0.3 is 0 Å². The highest BCUT2D eigenvalue weighted by Gasteiger charge is 2.30. The third-order valence-corrected chi connectivity index (χ3v) is 3.68. The quantitative estimate of drug-likeness (QED) is 0.437. The largest absolute Gasteiger partial charge is 0.421 e. The lowest BCUT2D eigenvalue weighted by molar-refractivity contribution is -0.188. The zero-order valence-electron chi connectivity index (χ0n) is 9.97. The molecule has 14 heavy (non-hydrogen) atoms. The molecule has 0 saturated heterocycles. The normalized spacial score (nSPS) is 12.9. The van der Waals surface area contributed by atoms with Gasteiger partial charge in [0.25, 0.3) is 0 Å². The third kappa shape index (κ3) is 5.10. The van der Waals surface area contributed by atoms with Gasteiger partial charge in [-0.15, -0.1) is 0 Å². The van der Waals surface area contributed by atoms with Crippen molar-refractivity contribution < 1.29 is 13.9 Å². The first-order valence-corrected chi connectivity index (χ1v) is 6.80. The minimum atomic E-state index is -0.756. The fraction of sp³-hybridized carbons (Fsp3) is 1.00. The molecule has 3 nitrogen and oxygen atoms in total. The monoisotopic (exact) mass is 220 g/mol. The summed E-state index contributed by atoms with van der Waals surface area (Å²) in [6.07, 6.45) is 2.93. The van der Waals surface area contributed by atoms with E-state index in [1.54, 1.807) is 7.11 Å². The summed E-state index contributed by atoms with van der Waals surface area (Å²) in [4.78, 5) is 0. The minimum Gasteiger partial charge on any atom is -0.421 e. The van der Waals surface area contributed by atoms with Crippen LogP contribution in [0.5, 0.6) is 0 Å². The van der Waals surface area contributed by atoms with Gasteiger partial charge in [0.05, 0.1) is 0 Å². The van der Waals surface area contributed by atoms with Crippen molar-refractivity contribution >= 4 is 9.76 Å². The molecule has 0 aromatic heterocycles. The van der Waals surface area contributed by atoms with Crippen molar-refractivity contribution in [3.8, 4) is 0 Å². The van der Waals surface area contributed by atoms with Gasteiger partial charge in [0.15, 0.2) is 5.41 Å². The molecule has 0 atom stereocenters. The van der Waals surface area contributed by atoms with E-state index in [4.69, 9.17) is 13.9 Å². The van der Waals surface area contributed by atoms with E-state index < -0.39 is 9.76 Å². The van der Waals surface area contributed by atoms with Crippen LogP contribution in [0.2, 0.25) is 0 Å². The van der Waals surface area contributed by atoms with E-state index in [-0.39, 0.29) is 5.41 Å². The molecule has 86 valence electrons. The van der Waals surface area contributed by atoms with Gasteiger partial charge in [0.1, 0.15) is 0 Å². The molecule has 0 spiro atoms. The van der Waals surface area contributed by atoms with Gasteiger partial charge in [-0.25, -0.2) is 0 Å². The number of ether oxygens (including phenoxy) is 2. The Bertz CT molecular complexity index is 123. The first-order valence-electron chi connectivity index (χ1n) is 5.51. The zero-order chi connectivity index (χ0) is 10.9. The average Bonchev–Trinajstić information content (AvgIpc) is 2.22. The van der Waals surface area contributed by atoms with Crippen molar-refractivity contribution in [1.82, 2.24) is 0 Å². The van der Waals surface area contributed by atoms with Crippen LogP contribution < -0.4 is 0 Å². The van der Waals surface area contributed by atoms with E-state index in [0.29, 0.717) is 0 Å². The van der Waals surface area contributed by atoms with Crippen LogP contribution in [0.4, 0.5) is 0 Å². The van der Waals surface area contributed by atoms with Crippen molar-refractivity contribution in [2.75, 3.05) is 20.3 Å². The predicted molar refractivity (Wildman–Crippen MR) is 61.1 cm³/mol. The molecule has 0 unspecified atom stereocenters. The fourth-order valence-electron chi connectivity index (χ4n) is 1.23. The van der Waals surface area contributed by atoms with E-state index in [9.17, 15) is 0 Å². The SMILES string of the molecule is CCCOC(CC)(OCCC)[SiH2]OC. The van der Waals surface area contributed by atoms with Crippen LogP contribution in [0.15, 0.2) is 0 Å². The van der Waals surface area contributed by atoms with Crippen LogP contribution in [0, 0.1) is 0 Å². The van der Waals surface area contributed by atoms with E-state index in [1.165, 1.54) is 0 Å². The van der Waals surface area contributed by atoms with Gasteiger partial charge in [-0.1, -0.05) is 20.8 Å². The topological polar surface area (TPSA) is 27.7 Å². The summed E-state index contributed by atoms with van der Waals surface area (Å²) in [6.45, 7) is 7.82. The molecule has 0 saturated carbocycles. The summed E-state index contributed by atoms with van der Waals surface area (Å²) in [7, 11) is 0.981. The van der Waals surface area contributed by atoms with Crippen LogP contribution in [0.1, 0.15) is 40.0 Å². The van der Waals surface area contributed by atoms with Gasteiger partial charge in [0.2, 0.25) is 9.76 Å². The first-order chi connectivity index (χ1) is 6.74. The number of rotatable bonds is 9. The fourth-order valence-corrected chi connectivity index (χ4v) is 2.33. The molecule has 0 aliphatic heterocycles. The molecule has 0 heterocycles. The Hall–Kier alpha value is 0.0969. The van der Waals surface area contributed by atoms with Gasteiger partial charge in [-0.3, -0.25) is 0 Å². The molecule has 0 aliphatic carbocycles. The smallest absolute Gasteiger partial charge is 0.227 e. The summed E-state index contributed by atoms with van der Waals surface area (Å²) >= 11 is 0. The lowest BCUT2D eigenvalue weighted by Gasteiger charge is -2.31. The summed E-state index contributed by atoms with van der Waals surface area (Å²) in [5.74, 6) is 0. The zero-order valence-corrected chi connectivity index (χ0v) is 11.4. The highest BCUT2D eigenvalue weighted by Crippen LogP contribution is 2.17. The van der Waals surface area contributed by atoms with E-state index >= 15 is 0 Å². The highest BCUT2D eigenvalue weighted by atomic mass is 28.2. The maximum atomic E-state index is 5.79. The van der Waals surface area contributed by atoms with Crippen molar-refractivity contribution in [1.29, 1.82) is 0 Å². The number of hydrogen-bond acceptors (Lipinski definition) is 3. The van der Waals surface area contributed by atoms with Crippen LogP contribution in [0.3, 0.4) is 0 Å². The van der Waals surface area contributed by atoms with E-state index in [0.717, 1.165) is 32.5 Å². The first kappa shape index (κ1) is 14.1. The van der Waals surface area contributed by atoms with Gasteiger partial charge in [0, 0.05) is 20.3 Å². The van der Waals surface area contributed by atoms with Crippen molar-refractivity contribution in [2.24, 2.45) is 0 Å². The molecule has 0 aromatic carbocycles. The molecule has 0 N–H and O–H groups in total. The molecule has 4 heteroatoms. The molecular formula is C10H24O3Si. The Balaban J connectivity index is 4.11. The van der Waals surface area contributed by atoms with Crippen LogP contribution in [-0.2, 0) is 13.9 Å². The molecule has 0 fully saturated rings. The predicted octanol–water partition coefficient (Wildman–Crippen LogP) is 1.63. The second kappa shape index (κ2) is 8.41. The third-order valence-electron chi connectivity index (χ3n) is 2.04. The summed E-state index contributed by atoms with van der Waals surface area (Å²) in [6, 6.07) is 0. The van der Waals surface area contributed by atoms with Crippen LogP contribution >= 0.6 is 0 Å². The van der Waals surface area contributed by atoms with Crippen molar-refractivity contribution in [3.05, 3.63) is 0 Å². The molecule has 0 rings (SSSR count). The van der Waals surface area contributed by atoms with Gasteiger partial charge < -0.3 is 13.9 Å². The molecule has 0 bridgehead atoms. The van der Waals surface area contributed by atoms with Crippen LogP contribution in [-0.4, -0.2) is 35.5 Å². The molecule has 0 amide bonds. The van der Waals surface area contributed by atoms with Crippen molar-refractivity contribution in [2.45, 2.75) is 45.4 Å². The maximum Gasteiger partial charge on any atom is 0.227 e. The molecular weight excluding hydrogens is 196 g/mol. The molecule has 0 aromatic rings. The van der Waals surface area contributed by atoms with Crippen molar-refractivity contribution in [3.63, 3.8) is 0 Å². The standard InChI is InChI=1S/C10H24O3Si/c1-5-8-12-10(7-3,14-11-4)13-9-6-2/h5-9,14H2,1-4H3. The second-order valence-corrected chi connectivity index (χ2v) is 5.34. The van der Waals surface area contributed by atoms with Gasteiger partial charge in [-0.2, -0.15) is 0 Å². The van der Waals surface area contributed by atoms with E-state index in [1.807, 2.05) is 0 Å². The van der Waals surface area contributed by atoms with Gasteiger partial charge in [-0.05, 0) is 19.3 Å². The van der Waals surface area contributed by atoms with Crippen LogP contribution in [0.25, 0.3) is 0 Å². The Kier molecular flexibility index (Phi) is 8.47. The minimum absolute atomic E-state index is 0.388. The average molecular weight is 220 g/mol. The summed E-state index contributed by atoms with van der Waals surface area (Å²) < 4.78 is 16.9. The Morgan fingerprint density at radius 3 is 1.79 bits per heavy atom. The summed E-state index contributed by atoms with van der Waals surface area (Å²) in [5.41, 5.74) is -0.388. The lowest BCUT2D eigenvalue weighted by atomic mass is 10.4. The lowest BCUT2D eigenvalue weighted by Crippen LogP contribution is -2.43. The van der Waals surface area contributed by atoms with E-state index in [2.05, 4.69) is 20.8 Å². The maximum absolute atomic E-state index is 5.79. The molecule has 0 aliphatic rings. The highest BCUT2D eigenvalue weighted by molar-refractivity contribution is 6.30. The Labute approximate surface area is 90.1 Å². The number of hydrogen-bond donors (Lipinski definition) is 0. The second-order valence-electron chi connectivity index (χ2n) is 3.39. The Morgan fingerprint density at radius 1 is 1.00 bits per heavy atom. The molecule has 0 radical (unpaired) electrons. The Morgan fingerprint density at radius 2 is 1.50 bits per heavy atom.